The van der Waals surface area contributed by atoms with Crippen molar-refractivity contribution in [1.29, 1.82) is 0 Å². The molecule has 6 heteroatoms. The number of aliphatic hydroxyl groups is 1. The van der Waals surface area contributed by atoms with E-state index >= 15 is 0 Å². The molecule has 1 aromatic rings. The highest BCUT2D eigenvalue weighted by Crippen LogP contribution is 2.27. The average Bonchev–Trinajstić information content (AvgIpc) is 2.90. The zero-order chi connectivity index (χ0) is 13.9. The maximum absolute atomic E-state index is 12.4. The summed E-state index contributed by atoms with van der Waals surface area (Å²) in [7, 11) is -2.17. The number of hydrogen-bond donors (Lipinski definition) is 2. The lowest BCUT2D eigenvalue weighted by Gasteiger charge is -2.15. The van der Waals surface area contributed by atoms with Crippen LogP contribution in [0, 0.1) is 0 Å². The quantitative estimate of drug-likeness (QED) is 0.857. The second-order valence-corrected chi connectivity index (χ2v) is 6.43. The molecule has 0 aromatic heterocycles. The van der Waals surface area contributed by atoms with Gasteiger partial charge >= 0.3 is 0 Å². The third-order valence-corrected chi connectivity index (χ3v) is 4.92. The first-order chi connectivity index (χ1) is 9.06. The molecule has 1 aromatic carbocycles. The van der Waals surface area contributed by atoms with Gasteiger partial charge in [-0.3, -0.25) is 0 Å². The number of hydrogen-bond acceptors (Lipinski definition) is 4. The molecule has 1 saturated carbocycles. The van der Waals surface area contributed by atoms with Crippen LogP contribution in [-0.2, 0) is 16.6 Å². The van der Waals surface area contributed by atoms with Gasteiger partial charge in [-0.15, -0.1) is 0 Å². The lowest BCUT2D eigenvalue weighted by molar-refractivity contribution is 0.281. The highest BCUT2D eigenvalue weighted by molar-refractivity contribution is 7.89. The smallest absolute Gasteiger partial charge is 0.244 e. The average molecular weight is 285 g/mol. The van der Waals surface area contributed by atoms with Crippen LogP contribution >= 0.6 is 0 Å². The summed E-state index contributed by atoms with van der Waals surface area (Å²) in [5, 5.41) is 9.12. The second kappa shape index (κ2) is 5.90. The molecule has 2 N–H and O–H groups in total. The predicted molar refractivity (Wildman–Crippen MR) is 71.5 cm³/mol. The van der Waals surface area contributed by atoms with Crippen molar-refractivity contribution in [2.75, 3.05) is 7.11 Å². The normalized spacial score (nSPS) is 16.7. The Bertz CT molecular complexity index is 536. The maximum Gasteiger partial charge on any atom is 0.244 e. The largest absolute Gasteiger partial charge is 0.495 e. The summed E-state index contributed by atoms with van der Waals surface area (Å²) in [6, 6.07) is 4.67. The molecule has 1 aliphatic rings. The summed E-state index contributed by atoms with van der Waals surface area (Å²) in [5.74, 6) is 0.294. The Morgan fingerprint density at radius 3 is 2.63 bits per heavy atom. The number of nitrogens with one attached hydrogen (secondary N) is 1. The predicted octanol–water partition coefficient (Wildman–Crippen LogP) is 1.41. The number of aliphatic hydroxyl groups excluding tert-OH is 1. The standard InChI is InChI=1S/C13H19NO4S/c1-18-12-7-6-10(9-15)8-13(12)19(16,17)14-11-4-2-3-5-11/h6-8,11,14-15H,2-5,9H2,1H3. The molecule has 5 nitrogen and oxygen atoms in total. The van der Waals surface area contributed by atoms with Gasteiger partial charge in [0.2, 0.25) is 10.0 Å². The molecular formula is C13H19NO4S. The Morgan fingerprint density at radius 2 is 2.05 bits per heavy atom. The SMILES string of the molecule is COc1ccc(CO)cc1S(=O)(=O)NC1CCCC1. The van der Waals surface area contributed by atoms with E-state index in [0.29, 0.717) is 11.3 Å². The number of benzene rings is 1. The Hall–Kier alpha value is -1.11. The molecule has 2 rings (SSSR count). The monoisotopic (exact) mass is 285 g/mol. The van der Waals surface area contributed by atoms with Crippen LogP contribution in [0.15, 0.2) is 23.1 Å². The van der Waals surface area contributed by atoms with Crippen molar-refractivity contribution in [2.24, 2.45) is 0 Å². The minimum absolute atomic E-state index is 0.00693. The molecule has 0 bridgehead atoms. The summed E-state index contributed by atoms with van der Waals surface area (Å²) in [4.78, 5) is 0.0912. The molecule has 19 heavy (non-hydrogen) atoms. The van der Waals surface area contributed by atoms with Crippen LogP contribution in [0.5, 0.6) is 5.75 Å². The van der Waals surface area contributed by atoms with Gasteiger partial charge in [0.1, 0.15) is 10.6 Å². The molecule has 0 unspecified atom stereocenters. The van der Waals surface area contributed by atoms with Crippen molar-refractivity contribution >= 4 is 10.0 Å². The Morgan fingerprint density at radius 1 is 1.37 bits per heavy atom. The Labute approximate surface area is 113 Å². The molecule has 106 valence electrons. The van der Waals surface area contributed by atoms with E-state index < -0.39 is 10.0 Å². The fourth-order valence-corrected chi connectivity index (χ4v) is 3.88. The van der Waals surface area contributed by atoms with E-state index in [0.717, 1.165) is 25.7 Å². The zero-order valence-corrected chi connectivity index (χ0v) is 11.7. The molecule has 0 amide bonds. The van der Waals surface area contributed by atoms with E-state index in [2.05, 4.69) is 4.72 Å². The van der Waals surface area contributed by atoms with E-state index in [4.69, 9.17) is 9.84 Å². The third kappa shape index (κ3) is 3.26. The van der Waals surface area contributed by atoms with Gasteiger partial charge in [0.25, 0.3) is 0 Å². The molecule has 1 aliphatic carbocycles. The Balaban J connectivity index is 2.32. The maximum atomic E-state index is 12.4. The highest BCUT2D eigenvalue weighted by Gasteiger charge is 2.25. The van der Waals surface area contributed by atoms with Crippen LogP contribution in [-0.4, -0.2) is 26.7 Å². The van der Waals surface area contributed by atoms with Crippen LogP contribution in [0.1, 0.15) is 31.2 Å². The first-order valence-corrected chi connectivity index (χ1v) is 7.85. The van der Waals surface area contributed by atoms with Gasteiger partial charge in [-0.1, -0.05) is 18.9 Å². The fourth-order valence-electron chi connectivity index (χ4n) is 2.36. The van der Waals surface area contributed by atoms with Crippen LogP contribution in [0.4, 0.5) is 0 Å². The van der Waals surface area contributed by atoms with Crippen molar-refractivity contribution < 1.29 is 18.3 Å². The van der Waals surface area contributed by atoms with E-state index in [1.54, 1.807) is 12.1 Å². The van der Waals surface area contributed by atoms with E-state index in [1.165, 1.54) is 13.2 Å². The number of ether oxygens (including phenoxy) is 1. The molecule has 0 atom stereocenters. The molecule has 0 aliphatic heterocycles. The van der Waals surface area contributed by atoms with Gasteiger partial charge in [-0.25, -0.2) is 13.1 Å². The summed E-state index contributed by atoms with van der Waals surface area (Å²) < 4.78 is 32.5. The topological polar surface area (TPSA) is 75.6 Å². The Kier molecular flexibility index (Phi) is 4.44. The van der Waals surface area contributed by atoms with Gasteiger partial charge in [0.15, 0.2) is 0 Å². The van der Waals surface area contributed by atoms with Gasteiger partial charge in [-0.2, -0.15) is 0 Å². The lowest BCUT2D eigenvalue weighted by atomic mass is 10.2. The van der Waals surface area contributed by atoms with Crippen molar-refractivity contribution in [2.45, 2.75) is 43.2 Å². The van der Waals surface area contributed by atoms with Gasteiger partial charge in [0, 0.05) is 6.04 Å². The number of rotatable bonds is 5. The van der Waals surface area contributed by atoms with E-state index in [1.807, 2.05) is 0 Å². The number of methoxy groups -OCH3 is 1. The molecular weight excluding hydrogens is 266 g/mol. The van der Waals surface area contributed by atoms with E-state index in [9.17, 15) is 8.42 Å². The summed E-state index contributed by atoms with van der Waals surface area (Å²) in [6.07, 6.45) is 3.87. The van der Waals surface area contributed by atoms with Crippen molar-refractivity contribution in [3.63, 3.8) is 0 Å². The first kappa shape index (κ1) is 14.3. The molecule has 0 radical (unpaired) electrons. The molecule has 1 fully saturated rings. The molecule has 0 heterocycles. The van der Waals surface area contributed by atoms with Crippen LogP contribution in [0.3, 0.4) is 0 Å². The van der Waals surface area contributed by atoms with Crippen LogP contribution < -0.4 is 9.46 Å². The minimum Gasteiger partial charge on any atom is -0.495 e. The van der Waals surface area contributed by atoms with Crippen molar-refractivity contribution in [3.05, 3.63) is 23.8 Å². The summed E-state index contributed by atoms with van der Waals surface area (Å²) >= 11 is 0. The van der Waals surface area contributed by atoms with Crippen molar-refractivity contribution in [1.82, 2.24) is 4.72 Å². The van der Waals surface area contributed by atoms with Crippen LogP contribution in [0.2, 0.25) is 0 Å². The molecule has 0 saturated heterocycles. The van der Waals surface area contributed by atoms with Crippen LogP contribution in [0.25, 0.3) is 0 Å². The van der Waals surface area contributed by atoms with Crippen molar-refractivity contribution in [3.8, 4) is 5.75 Å². The summed E-state index contributed by atoms with van der Waals surface area (Å²) in [5.41, 5.74) is 0.549. The number of sulfonamides is 1. The first-order valence-electron chi connectivity index (χ1n) is 6.37. The minimum atomic E-state index is -3.61. The van der Waals surface area contributed by atoms with Gasteiger partial charge < -0.3 is 9.84 Å². The lowest BCUT2D eigenvalue weighted by Crippen LogP contribution is -2.32. The highest BCUT2D eigenvalue weighted by atomic mass is 32.2. The van der Waals surface area contributed by atoms with Gasteiger partial charge in [-0.05, 0) is 30.5 Å². The molecule has 0 spiro atoms. The summed E-state index contributed by atoms with van der Waals surface area (Å²) in [6.45, 7) is -0.198. The fraction of sp³-hybridized carbons (Fsp3) is 0.538. The second-order valence-electron chi connectivity index (χ2n) is 4.75. The zero-order valence-electron chi connectivity index (χ0n) is 10.9. The van der Waals surface area contributed by atoms with E-state index in [-0.39, 0.29) is 17.5 Å². The third-order valence-electron chi connectivity index (χ3n) is 3.38. The van der Waals surface area contributed by atoms with Gasteiger partial charge in [0.05, 0.1) is 13.7 Å².